The van der Waals surface area contributed by atoms with Crippen LogP contribution in [0, 0.1) is 11.8 Å². The van der Waals surface area contributed by atoms with Crippen LogP contribution in [-0.4, -0.2) is 101 Å². The molecule has 3 rings (SSSR count). The van der Waals surface area contributed by atoms with Gasteiger partial charge in [0, 0.05) is 52.9 Å². The van der Waals surface area contributed by atoms with Crippen LogP contribution in [0.15, 0.2) is 24.3 Å². The van der Waals surface area contributed by atoms with E-state index in [9.17, 15) is 19.8 Å². The maximum Gasteiger partial charge on any atom is 0.407 e. The lowest BCUT2D eigenvalue weighted by molar-refractivity contribution is -0.0207. The van der Waals surface area contributed by atoms with Crippen molar-refractivity contribution in [3.63, 3.8) is 0 Å². The van der Waals surface area contributed by atoms with Gasteiger partial charge in [-0.1, -0.05) is 26.0 Å². The summed E-state index contributed by atoms with van der Waals surface area (Å²) in [5, 5.41) is 20.4. The second-order valence-corrected chi connectivity index (χ2v) is 9.99. The van der Waals surface area contributed by atoms with Gasteiger partial charge in [0.15, 0.2) is 5.82 Å². The Morgan fingerprint density at radius 2 is 1.92 bits per heavy atom. The van der Waals surface area contributed by atoms with Crippen LogP contribution in [0.5, 0.6) is 0 Å². The highest BCUT2D eigenvalue weighted by Crippen LogP contribution is 2.27. The topological polar surface area (TPSA) is 117 Å². The molecule has 0 bridgehead atoms. The summed E-state index contributed by atoms with van der Waals surface area (Å²) in [6.45, 7) is 6.30. The molecule has 1 fully saturated rings. The smallest absolute Gasteiger partial charge is 0.407 e. The van der Waals surface area contributed by atoms with Crippen molar-refractivity contribution in [3.05, 3.63) is 30.1 Å². The number of aryl methyl sites for hydroxylation is 1. The highest BCUT2D eigenvalue weighted by Gasteiger charge is 2.39. The molecule has 0 saturated carbocycles. The van der Waals surface area contributed by atoms with Gasteiger partial charge in [0.25, 0.3) is 5.91 Å². The van der Waals surface area contributed by atoms with Crippen molar-refractivity contribution in [2.24, 2.45) is 11.8 Å². The predicted octanol–water partition coefficient (Wildman–Crippen LogP) is 2.94. The Kier molecular flexibility index (Phi) is 10.1. The highest BCUT2D eigenvalue weighted by atomic mass is 16.5. The number of carboxylic acid groups (broad SMARTS) is 1. The van der Waals surface area contributed by atoms with E-state index in [2.05, 4.69) is 0 Å². The van der Waals surface area contributed by atoms with E-state index in [0.29, 0.717) is 31.9 Å². The van der Waals surface area contributed by atoms with Crippen LogP contribution >= 0.6 is 0 Å². The number of aliphatic hydroxyl groups excluding tert-OH is 1. The molecule has 10 nitrogen and oxygen atoms in total. The third-order valence-electron chi connectivity index (χ3n) is 6.70. The molecule has 2 aromatic rings. The van der Waals surface area contributed by atoms with Gasteiger partial charge in [0.05, 0.1) is 29.8 Å². The molecule has 2 N–H and O–H groups in total. The molecule has 36 heavy (non-hydrogen) atoms. The van der Waals surface area contributed by atoms with Crippen molar-refractivity contribution < 1.29 is 29.3 Å². The van der Waals surface area contributed by atoms with Gasteiger partial charge < -0.3 is 34.1 Å². The minimum absolute atomic E-state index is 0.111. The van der Waals surface area contributed by atoms with Gasteiger partial charge in [-0.05, 0) is 37.3 Å². The fraction of sp³-hybridized carbons (Fsp3) is 0.654. The first-order valence-electron chi connectivity index (χ1n) is 12.7. The number of methoxy groups -OCH3 is 2. The largest absolute Gasteiger partial charge is 0.465 e. The van der Waals surface area contributed by atoms with Gasteiger partial charge in [-0.2, -0.15) is 0 Å². The first-order chi connectivity index (χ1) is 17.3. The van der Waals surface area contributed by atoms with E-state index >= 15 is 0 Å². The Labute approximate surface area is 212 Å². The van der Waals surface area contributed by atoms with Gasteiger partial charge >= 0.3 is 6.09 Å². The van der Waals surface area contributed by atoms with Gasteiger partial charge in [-0.15, -0.1) is 0 Å². The number of rotatable bonds is 12. The Balaban J connectivity index is 1.96. The predicted molar refractivity (Wildman–Crippen MR) is 136 cm³/mol. The van der Waals surface area contributed by atoms with E-state index in [-0.39, 0.29) is 43.5 Å². The van der Waals surface area contributed by atoms with Crippen LogP contribution in [0.3, 0.4) is 0 Å². The van der Waals surface area contributed by atoms with Gasteiger partial charge in [-0.25, -0.2) is 9.78 Å². The number of para-hydroxylation sites is 2. The van der Waals surface area contributed by atoms with E-state index in [1.54, 1.807) is 12.0 Å². The van der Waals surface area contributed by atoms with Gasteiger partial charge in [0.1, 0.15) is 0 Å². The van der Waals surface area contributed by atoms with E-state index < -0.39 is 12.2 Å². The molecular weight excluding hydrogens is 464 g/mol. The van der Waals surface area contributed by atoms with Crippen LogP contribution in [0.2, 0.25) is 0 Å². The molecule has 0 aliphatic carbocycles. The molecule has 2 amide bonds. The number of imidazole rings is 1. The summed E-state index contributed by atoms with van der Waals surface area (Å²) in [6, 6.07) is 7.31. The second-order valence-electron chi connectivity index (χ2n) is 9.99. The molecule has 1 saturated heterocycles. The average Bonchev–Trinajstić information content (AvgIpc) is 3.23. The Bertz CT molecular complexity index is 1010. The first-order valence-corrected chi connectivity index (χ1v) is 12.7. The zero-order valence-electron chi connectivity index (χ0n) is 21.8. The normalized spacial score (nSPS) is 19.1. The standard InChI is InChI=1S/C26H40N4O6/c1-18(2)14-30(20-13-19(23(31)17-36-4)15-28(16-20)26(33)34)25(32)24-27-21-9-5-6-10-22(21)29(24)11-7-8-12-35-3/h5-6,9-10,18-20,23,31H,7-8,11-17H2,1-4H3,(H,33,34)/t19-,20+,23?/m1/s1. The van der Waals surface area contributed by atoms with Gasteiger partial charge in [-0.3, -0.25) is 4.79 Å². The lowest BCUT2D eigenvalue weighted by Crippen LogP contribution is -2.57. The molecule has 200 valence electrons. The number of carbonyl (C=O) groups is 2. The summed E-state index contributed by atoms with van der Waals surface area (Å²) < 4.78 is 12.3. The quantitative estimate of drug-likeness (QED) is 0.427. The van der Waals surface area contributed by atoms with Crippen LogP contribution in [0.25, 0.3) is 11.0 Å². The number of ether oxygens (including phenoxy) is 2. The number of likely N-dealkylation sites (tertiary alicyclic amines) is 1. The maximum absolute atomic E-state index is 14.1. The van der Waals surface area contributed by atoms with E-state index in [1.165, 1.54) is 12.0 Å². The number of amides is 2. The third-order valence-corrected chi connectivity index (χ3v) is 6.70. The molecule has 1 aromatic carbocycles. The summed E-state index contributed by atoms with van der Waals surface area (Å²) in [5.41, 5.74) is 1.65. The number of unbranched alkanes of at least 4 members (excludes halogenated alkanes) is 1. The zero-order valence-corrected chi connectivity index (χ0v) is 21.8. The highest BCUT2D eigenvalue weighted by molar-refractivity contribution is 5.95. The molecule has 0 radical (unpaired) electrons. The van der Waals surface area contributed by atoms with Crippen LogP contribution in [-0.2, 0) is 16.0 Å². The van der Waals surface area contributed by atoms with Crippen LogP contribution < -0.4 is 0 Å². The first kappa shape index (κ1) is 27.9. The summed E-state index contributed by atoms with van der Waals surface area (Å²) in [7, 11) is 3.18. The third kappa shape index (κ3) is 6.74. The molecule has 10 heteroatoms. The number of fused-ring (bicyclic) bond motifs is 1. The average molecular weight is 505 g/mol. The zero-order chi connectivity index (χ0) is 26.2. The molecule has 0 spiro atoms. The van der Waals surface area contributed by atoms with E-state index in [1.807, 2.05) is 42.7 Å². The number of benzene rings is 1. The van der Waals surface area contributed by atoms with E-state index in [0.717, 1.165) is 23.9 Å². The van der Waals surface area contributed by atoms with Crippen LogP contribution in [0.4, 0.5) is 4.79 Å². The number of piperidine rings is 1. The number of nitrogens with zero attached hydrogens (tertiary/aromatic N) is 4. The number of hydrogen-bond acceptors (Lipinski definition) is 6. The monoisotopic (exact) mass is 504 g/mol. The Morgan fingerprint density at radius 1 is 1.17 bits per heavy atom. The second kappa shape index (κ2) is 13.0. The Morgan fingerprint density at radius 3 is 2.58 bits per heavy atom. The van der Waals surface area contributed by atoms with Gasteiger partial charge in [0.2, 0.25) is 0 Å². The van der Waals surface area contributed by atoms with Crippen molar-refractivity contribution >= 4 is 23.0 Å². The van der Waals surface area contributed by atoms with Crippen molar-refractivity contribution in [1.82, 2.24) is 19.4 Å². The van der Waals surface area contributed by atoms with Crippen LogP contribution in [0.1, 0.15) is 43.7 Å². The molecule has 1 aliphatic heterocycles. The number of aliphatic hydroxyl groups is 1. The van der Waals surface area contributed by atoms with Crippen molar-refractivity contribution in [1.29, 1.82) is 0 Å². The molecular formula is C26H40N4O6. The number of hydrogen-bond donors (Lipinski definition) is 2. The maximum atomic E-state index is 14.1. The molecule has 3 atom stereocenters. The van der Waals surface area contributed by atoms with Crippen molar-refractivity contribution in [3.8, 4) is 0 Å². The van der Waals surface area contributed by atoms with Crippen molar-refractivity contribution in [2.75, 3.05) is 47.1 Å². The molecule has 1 aromatic heterocycles. The summed E-state index contributed by atoms with van der Waals surface area (Å²) in [5.74, 6) is -0.0364. The molecule has 2 heterocycles. The minimum atomic E-state index is -1.06. The fourth-order valence-corrected chi connectivity index (χ4v) is 4.98. The molecule has 1 unspecified atom stereocenters. The Hall–Kier alpha value is -2.69. The molecule has 1 aliphatic rings. The SMILES string of the molecule is COCCCCn1c(C(=O)N(CC(C)C)[C@H]2C[C@@H](C(O)COC)CN(C(=O)O)C2)nc2ccccc21. The minimum Gasteiger partial charge on any atom is -0.465 e. The fourth-order valence-electron chi connectivity index (χ4n) is 4.98. The van der Waals surface area contributed by atoms with Crippen molar-refractivity contribution in [2.45, 2.75) is 51.8 Å². The summed E-state index contributed by atoms with van der Waals surface area (Å²) >= 11 is 0. The lowest BCUT2D eigenvalue weighted by atomic mass is 9.88. The summed E-state index contributed by atoms with van der Waals surface area (Å²) in [4.78, 5) is 33.8. The number of carbonyl (C=O) groups excluding carboxylic acids is 1. The number of aromatic nitrogens is 2. The summed E-state index contributed by atoms with van der Waals surface area (Å²) in [6.07, 6.45) is 0.306. The van der Waals surface area contributed by atoms with E-state index in [4.69, 9.17) is 14.5 Å². The lowest BCUT2D eigenvalue weighted by Gasteiger charge is -2.43.